The van der Waals surface area contributed by atoms with Crippen LogP contribution >= 0.6 is 0 Å². The van der Waals surface area contributed by atoms with Crippen LogP contribution in [0, 0.1) is 11.3 Å². The lowest BCUT2D eigenvalue weighted by Crippen LogP contribution is -2.41. The van der Waals surface area contributed by atoms with Gasteiger partial charge in [-0.2, -0.15) is 0 Å². The summed E-state index contributed by atoms with van der Waals surface area (Å²) in [7, 11) is 0. The highest BCUT2D eigenvalue weighted by molar-refractivity contribution is 4.92. The maximum atomic E-state index is 14.0. The van der Waals surface area contributed by atoms with Crippen molar-refractivity contribution in [2.45, 2.75) is 59.0 Å². The predicted molar refractivity (Wildman–Crippen MR) is 50.9 cm³/mol. The minimum atomic E-state index is -0.920. The summed E-state index contributed by atoms with van der Waals surface area (Å²) in [5, 5.41) is 0. The molecule has 0 bridgehead atoms. The van der Waals surface area contributed by atoms with E-state index in [1.54, 1.807) is 6.92 Å². The van der Waals surface area contributed by atoms with Crippen molar-refractivity contribution in [2.75, 3.05) is 0 Å². The zero-order valence-corrected chi connectivity index (χ0v) is 8.78. The molecule has 1 aliphatic rings. The molecule has 12 heavy (non-hydrogen) atoms. The van der Waals surface area contributed by atoms with Gasteiger partial charge in [0, 0.05) is 0 Å². The van der Waals surface area contributed by atoms with Crippen molar-refractivity contribution in [1.29, 1.82) is 0 Å². The summed E-state index contributed by atoms with van der Waals surface area (Å²) < 4.78 is 14.0. The smallest absolute Gasteiger partial charge is 0.111 e. The highest BCUT2D eigenvalue weighted by Gasteiger charge is 2.42. The van der Waals surface area contributed by atoms with E-state index >= 15 is 0 Å². The van der Waals surface area contributed by atoms with Crippen LogP contribution in [0.3, 0.4) is 0 Å². The molecule has 0 nitrogen and oxygen atoms in total. The summed E-state index contributed by atoms with van der Waals surface area (Å²) in [6.07, 6.45) is 4.10. The zero-order chi connectivity index (χ0) is 9.41. The summed E-state index contributed by atoms with van der Waals surface area (Å²) in [5.41, 5.74) is -0.791. The van der Waals surface area contributed by atoms with Crippen LogP contribution in [0.25, 0.3) is 0 Å². The number of hydrogen-bond acceptors (Lipinski definition) is 0. The largest absolute Gasteiger partial charge is 0.244 e. The first kappa shape index (κ1) is 10.0. The number of rotatable bonds is 0. The maximum absolute atomic E-state index is 14.0. The molecule has 1 saturated carbocycles. The molecule has 0 aromatic rings. The number of hydrogen-bond donors (Lipinski definition) is 0. The molecule has 0 heterocycles. The van der Waals surface area contributed by atoms with Crippen LogP contribution in [0.5, 0.6) is 0 Å². The van der Waals surface area contributed by atoms with Crippen LogP contribution in [0.1, 0.15) is 53.4 Å². The van der Waals surface area contributed by atoms with Crippen LogP contribution < -0.4 is 0 Å². The molecule has 0 radical (unpaired) electrons. The van der Waals surface area contributed by atoms with E-state index in [-0.39, 0.29) is 11.3 Å². The van der Waals surface area contributed by atoms with Gasteiger partial charge in [0.25, 0.3) is 0 Å². The first-order valence-electron chi connectivity index (χ1n) is 5.03. The molecular formula is C11H21F. The van der Waals surface area contributed by atoms with Crippen molar-refractivity contribution in [2.24, 2.45) is 11.3 Å². The van der Waals surface area contributed by atoms with Crippen molar-refractivity contribution >= 4 is 0 Å². The molecule has 2 atom stereocenters. The first-order chi connectivity index (χ1) is 5.34. The molecule has 0 N–H and O–H groups in total. The molecule has 0 spiro atoms. The van der Waals surface area contributed by atoms with Gasteiger partial charge in [-0.25, -0.2) is 4.39 Å². The molecule has 2 unspecified atom stereocenters. The Bertz CT molecular complexity index is 153. The Labute approximate surface area is 75.5 Å². The lowest BCUT2D eigenvalue weighted by Gasteiger charge is -2.43. The third-order valence-corrected chi connectivity index (χ3v) is 3.18. The highest BCUT2D eigenvalue weighted by atomic mass is 19.1. The summed E-state index contributed by atoms with van der Waals surface area (Å²) >= 11 is 0. The lowest BCUT2D eigenvalue weighted by molar-refractivity contribution is -0.00780. The average molecular weight is 172 g/mol. The van der Waals surface area contributed by atoms with Crippen LogP contribution in [-0.4, -0.2) is 5.67 Å². The fourth-order valence-corrected chi connectivity index (χ4v) is 2.63. The quantitative estimate of drug-likeness (QED) is 0.519. The SMILES string of the molecule is CC(C)(C)C1CCCCC1(C)F. The number of alkyl halides is 1. The van der Waals surface area contributed by atoms with Crippen molar-refractivity contribution in [1.82, 2.24) is 0 Å². The normalized spacial score (nSPS) is 38.2. The second-order valence-electron chi connectivity index (χ2n) is 5.44. The molecular weight excluding hydrogens is 151 g/mol. The van der Waals surface area contributed by atoms with Gasteiger partial charge in [0.1, 0.15) is 5.67 Å². The van der Waals surface area contributed by atoms with Gasteiger partial charge in [-0.3, -0.25) is 0 Å². The van der Waals surface area contributed by atoms with Crippen molar-refractivity contribution in [3.8, 4) is 0 Å². The molecule has 0 aromatic carbocycles. The second kappa shape index (κ2) is 3.01. The Balaban J connectivity index is 2.73. The zero-order valence-electron chi connectivity index (χ0n) is 8.78. The molecule has 1 aliphatic carbocycles. The minimum absolute atomic E-state index is 0.129. The Morgan fingerprint density at radius 3 is 2.17 bits per heavy atom. The molecule has 0 aliphatic heterocycles. The first-order valence-corrected chi connectivity index (χ1v) is 5.03. The standard InChI is InChI=1S/C11H21F/c1-10(2,3)9-7-5-6-8-11(9,4)12/h9H,5-8H2,1-4H3. The molecule has 72 valence electrons. The van der Waals surface area contributed by atoms with Crippen molar-refractivity contribution < 1.29 is 4.39 Å². The van der Waals surface area contributed by atoms with E-state index in [4.69, 9.17) is 0 Å². The van der Waals surface area contributed by atoms with E-state index < -0.39 is 5.67 Å². The molecule has 1 fully saturated rings. The molecule has 1 heteroatoms. The monoisotopic (exact) mass is 172 g/mol. The van der Waals surface area contributed by atoms with E-state index in [9.17, 15) is 4.39 Å². The third kappa shape index (κ3) is 1.99. The van der Waals surface area contributed by atoms with Gasteiger partial charge < -0.3 is 0 Å². The molecule has 0 saturated heterocycles. The van der Waals surface area contributed by atoms with E-state index in [1.807, 2.05) is 0 Å². The van der Waals surface area contributed by atoms with Crippen LogP contribution in [0.2, 0.25) is 0 Å². The van der Waals surface area contributed by atoms with Gasteiger partial charge in [0.2, 0.25) is 0 Å². The van der Waals surface area contributed by atoms with E-state index in [0.29, 0.717) is 0 Å². The van der Waals surface area contributed by atoms with E-state index in [1.165, 1.54) is 6.42 Å². The van der Waals surface area contributed by atoms with Crippen LogP contribution in [0.15, 0.2) is 0 Å². The van der Waals surface area contributed by atoms with Gasteiger partial charge in [0.15, 0.2) is 0 Å². The van der Waals surface area contributed by atoms with Gasteiger partial charge in [-0.05, 0) is 31.1 Å². The Kier molecular flexibility index (Phi) is 2.51. The van der Waals surface area contributed by atoms with Gasteiger partial charge in [-0.15, -0.1) is 0 Å². The molecule has 0 aromatic heterocycles. The molecule has 0 amide bonds. The number of halogens is 1. The van der Waals surface area contributed by atoms with Gasteiger partial charge in [-0.1, -0.05) is 33.6 Å². The van der Waals surface area contributed by atoms with E-state index in [0.717, 1.165) is 19.3 Å². The maximum Gasteiger partial charge on any atom is 0.111 e. The lowest BCUT2D eigenvalue weighted by atomic mass is 9.65. The van der Waals surface area contributed by atoms with Crippen LogP contribution in [0.4, 0.5) is 4.39 Å². The summed E-state index contributed by atoms with van der Waals surface area (Å²) in [5.74, 6) is 0.249. The van der Waals surface area contributed by atoms with E-state index in [2.05, 4.69) is 20.8 Å². The second-order valence-corrected chi connectivity index (χ2v) is 5.44. The topological polar surface area (TPSA) is 0 Å². The predicted octanol–water partition coefficient (Wildman–Crippen LogP) is 3.95. The van der Waals surface area contributed by atoms with Crippen molar-refractivity contribution in [3.63, 3.8) is 0 Å². The van der Waals surface area contributed by atoms with Crippen LogP contribution in [-0.2, 0) is 0 Å². The van der Waals surface area contributed by atoms with Crippen molar-refractivity contribution in [3.05, 3.63) is 0 Å². The Morgan fingerprint density at radius 2 is 1.83 bits per heavy atom. The fourth-order valence-electron chi connectivity index (χ4n) is 2.63. The Hall–Kier alpha value is -0.0700. The molecule has 1 rings (SSSR count). The summed E-state index contributed by atoms with van der Waals surface area (Å²) in [6, 6.07) is 0. The summed E-state index contributed by atoms with van der Waals surface area (Å²) in [6.45, 7) is 8.24. The minimum Gasteiger partial charge on any atom is -0.244 e. The highest BCUT2D eigenvalue weighted by Crippen LogP contribution is 2.46. The van der Waals surface area contributed by atoms with Gasteiger partial charge in [0.05, 0.1) is 0 Å². The fraction of sp³-hybridized carbons (Fsp3) is 1.00. The third-order valence-electron chi connectivity index (χ3n) is 3.18. The van der Waals surface area contributed by atoms with Gasteiger partial charge >= 0.3 is 0 Å². The average Bonchev–Trinajstić information content (AvgIpc) is 1.83. The summed E-state index contributed by atoms with van der Waals surface area (Å²) in [4.78, 5) is 0. The Morgan fingerprint density at radius 1 is 1.25 bits per heavy atom.